The van der Waals surface area contributed by atoms with E-state index in [2.05, 4.69) is 35.4 Å². The lowest BCUT2D eigenvalue weighted by molar-refractivity contribution is 0.0700. The second kappa shape index (κ2) is 7.92. The fraction of sp³-hybridized carbons (Fsp3) is 0.318. The van der Waals surface area contributed by atoms with Gasteiger partial charge in [-0.1, -0.05) is 41.6 Å². The Morgan fingerprint density at radius 3 is 2.75 bits per heavy atom. The maximum atomic E-state index is 13.0. The SMILES string of the molecule is Cc1ccccc1[C@H]1CCCN(C(=O)c2cn(Cc3ccc(F)cc3)nn2)C1. The van der Waals surface area contributed by atoms with Crippen LogP contribution in [0.2, 0.25) is 0 Å². The number of piperidine rings is 1. The Labute approximate surface area is 163 Å². The number of hydrogen-bond donors (Lipinski definition) is 0. The molecule has 1 amide bonds. The largest absolute Gasteiger partial charge is 0.337 e. The number of carbonyl (C=O) groups is 1. The van der Waals surface area contributed by atoms with Gasteiger partial charge in [0.1, 0.15) is 5.82 Å². The van der Waals surface area contributed by atoms with Gasteiger partial charge in [-0.2, -0.15) is 0 Å². The van der Waals surface area contributed by atoms with Crippen molar-refractivity contribution in [2.24, 2.45) is 0 Å². The Morgan fingerprint density at radius 2 is 1.96 bits per heavy atom. The first kappa shape index (κ1) is 18.3. The fourth-order valence-electron chi connectivity index (χ4n) is 3.87. The maximum Gasteiger partial charge on any atom is 0.276 e. The quantitative estimate of drug-likeness (QED) is 0.694. The van der Waals surface area contributed by atoms with Crippen molar-refractivity contribution in [3.8, 4) is 0 Å². The predicted octanol–water partition coefficient (Wildman–Crippen LogP) is 3.79. The van der Waals surface area contributed by atoms with Crippen molar-refractivity contribution in [2.75, 3.05) is 13.1 Å². The number of carbonyl (C=O) groups excluding carboxylic acids is 1. The van der Waals surface area contributed by atoms with E-state index in [9.17, 15) is 9.18 Å². The second-order valence-corrected chi connectivity index (χ2v) is 7.37. The molecule has 1 atom stereocenters. The normalized spacial score (nSPS) is 16.9. The van der Waals surface area contributed by atoms with Crippen LogP contribution in [-0.4, -0.2) is 38.9 Å². The molecule has 2 aromatic carbocycles. The van der Waals surface area contributed by atoms with Gasteiger partial charge in [-0.05, 0) is 48.6 Å². The van der Waals surface area contributed by atoms with E-state index in [1.54, 1.807) is 23.0 Å². The van der Waals surface area contributed by atoms with E-state index in [0.717, 1.165) is 24.9 Å². The van der Waals surface area contributed by atoms with Crippen LogP contribution in [0.25, 0.3) is 0 Å². The highest BCUT2D eigenvalue weighted by atomic mass is 19.1. The molecule has 28 heavy (non-hydrogen) atoms. The zero-order valence-corrected chi connectivity index (χ0v) is 15.9. The van der Waals surface area contributed by atoms with E-state index in [1.165, 1.54) is 23.3 Å². The number of nitrogens with zero attached hydrogens (tertiary/aromatic N) is 4. The minimum Gasteiger partial charge on any atom is -0.337 e. The van der Waals surface area contributed by atoms with Crippen molar-refractivity contribution >= 4 is 5.91 Å². The summed E-state index contributed by atoms with van der Waals surface area (Å²) in [5.74, 6) is 0.00307. The number of amides is 1. The summed E-state index contributed by atoms with van der Waals surface area (Å²) < 4.78 is 14.6. The van der Waals surface area contributed by atoms with Gasteiger partial charge in [0.2, 0.25) is 0 Å². The van der Waals surface area contributed by atoms with Crippen LogP contribution in [0.4, 0.5) is 4.39 Å². The lowest BCUT2D eigenvalue weighted by Gasteiger charge is -2.33. The molecule has 1 aliphatic rings. The van der Waals surface area contributed by atoms with E-state index in [-0.39, 0.29) is 11.7 Å². The molecular weight excluding hydrogens is 355 g/mol. The first-order chi connectivity index (χ1) is 13.6. The van der Waals surface area contributed by atoms with Crippen LogP contribution in [0.1, 0.15) is 45.9 Å². The summed E-state index contributed by atoms with van der Waals surface area (Å²) in [6.45, 7) is 4.02. The lowest BCUT2D eigenvalue weighted by atomic mass is 9.88. The molecule has 0 N–H and O–H groups in total. The monoisotopic (exact) mass is 378 g/mol. The van der Waals surface area contributed by atoms with Gasteiger partial charge in [-0.3, -0.25) is 4.79 Å². The van der Waals surface area contributed by atoms with E-state index in [4.69, 9.17) is 0 Å². The van der Waals surface area contributed by atoms with Crippen molar-refractivity contribution < 1.29 is 9.18 Å². The number of halogens is 1. The molecule has 0 unspecified atom stereocenters. The zero-order chi connectivity index (χ0) is 19.5. The third-order valence-corrected chi connectivity index (χ3v) is 5.35. The van der Waals surface area contributed by atoms with Crippen molar-refractivity contribution in [2.45, 2.75) is 32.2 Å². The molecule has 1 aromatic heterocycles. The molecule has 4 rings (SSSR count). The average molecular weight is 378 g/mol. The van der Waals surface area contributed by atoms with E-state index < -0.39 is 0 Å². The Hall–Kier alpha value is -3.02. The van der Waals surface area contributed by atoms with Gasteiger partial charge in [-0.25, -0.2) is 9.07 Å². The number of aromatic nitrogens is 3. The molecule has 2 heterocycles. The van der Waals surface area contributed by atoms with Crippen LogP contribution >= 0.6 is 0 Å². The molecule has 6 heteroatoms. The Kier molecular flexibility index (Phi) is 5.19. The smallest absolute Gasteiger partial charge is 0.276 e. The minimum absolute atomic E-state index is 0.0800. The Bertz CT molecular complexity index is 967. The summed E-state index contributed by atoms with van der Waals surface area (Å²) >= 11 is 0. The molecule has 144 valence electrons. The second-order valence-electron chi connectivity index (χ2n) is 7.37. The van der Waals surface area contributed by atoms with Gasteiger partial charge in [0, 0.05) is 19.0 Å². The van der Waals surface area contributed by atoms with E-state index in [1.807, 2.05) is 11.0 Å². The molecule has 1 saturated heterocycles. The van der Waals surface area contributed by atoms with Gasteiger partial charge in [0.15, 0.2) is 5.69 Å². The third-order valence-electron chi connectivity index (χ3n) is 5.35. The standard InChI is InChI=1S/C22H23FN4O/c1-16-5-2-3-7-20(16)18-6-4-12-26(14-18)22(28)21-15-27(25-24-21)13-17-8-10-19(23)11-9-17/h2-3,5,7-11,15,18H,4,6,12-14H2,1H3/t18-/m0/s1. The topological polar surface area (TPSA) is 51.0 Å². The summed E-state index contributed by atoms with van der Waals surface area (Å²) in [6, 6.07) is 14.6. The van der Waals surface area contributed by atoms with Crippen LogP contribution in [0.5, 0.6) is 0 Å². The molecular formula is C22H23FN4O. The van der Waals surface area contributed by atoms with Gasteiger partial charge < -0.3 is 4.90 Å². The molecule has 0 saturated carbocycles. The summed E-state index contributed by atoms with van der Waals surface area (Å²) in [7, 11) is 0. The molecule has 1 aliphatic heterocycles. The van der Waals surface area contributed by atoms with Gasteiger partial charge in [0.05, 0.1) is 12.7 Å². The summed E-state index contributed by atoms with van der Waals surface area (Å²) in [6.07, 6.45) is 3.74. The summed E-state index contributed by atoms with van der Waals surface area (Å²) in [4.78, 5) is 14.8. The predicted molar refractivity (Wildman–Crippen MR) is 105 cm³/mol. The Morgan fingerprint density at radius 1 is 1.18 bits per heavy atom. The van der Waals surface area contributed by atoms with Crippen molar-refractivity contribution in [1.82, 2.24) is 19.9 Å². The molecule has 5 nitrogen and oxygen atoms in total. The van der Waals surface area contributed by atoms with Crippen LogP contribution in [0.15, 0.2) is 54.7 Å². The number of rotatable bonds is 4. The molecule has 0 spiro atoms. The van der Waals surface area contributed by atoms with Gasteiger partial charge in [0.25, 0.3) is 5.91 Å². The highest BCUT2D eigenvalue weighted by molar-refractivity contribution is 5.92. The van der Waals surface area contributed by atoms with Crippen LogP contribution in [0, 0.1) is 12.7 Å². The van der Waals surface area contributed by atoms with Crippen molar-refractivity contribution in [3.05, 3.63) is 82.9 Å². The lowest BCUT2D eigenvalue weighted by Crippen LogP contribution is -2.39. The molecule has 0 bridgehead atoms. The highest BCUT2D eigenvalue weighted by Crippen LogP contribution is 2.29. The third kappa shape index (κ3) is 3.96. The highest BCUT2D eigenvalue weighted by Gasteiger charge is 2.27. The van der Waals surface area contributed by atoms with Crippen molar-refractivity contribution in [1.29, 1.82) is 0 Å². The van der Waals surface area contributed by atoms with Crippen molar-refractivity contribution in [3.63, 3.8) is 0 Å². The van der Waals surface area contributed by atoms with E-state index >= 15 is 0 Å². The molecule has 0 aliphatic carbocycles. The first-order valence-corrected chi connectivity index (χ1v) is 9.59. The molecule has 3 aromatic rings. The van der Waals surface area contributed by atoms with Crippen LogP contribution < -0.4 is 0 Å². The molecule has 0 radical (unpaired) electrons. The Balaban J connectivity index is 1.45. The average Bonchev–Trinajstić information content (AvgIpc) is 3.18. The fourth-order valence-corrected chi connectivity index (χ4v) is 3.87. The number of benzene rings is 2. The number of aryl methyl sites for hydroxylation is 1. The first-order valence-electron chi connectivity index (χ1n) is 9.59. The van der Waals surface area contributed by atoms with Gasteiger partial charge >= 0.3 is 0 Å². The molecule has 1 fully saturated rings. The number of likely N-dealkylation sites (tertiary alicyclic amines) is 1. The van der Waals surface area contributed by atoms with Crippen LogP contribution in [-0.2, 0) is 6.54 Å². The minimum atomic E-state index is -0.272. The zero-order valence-electron chi connectivity index (χ0n) is 15.9. The summed E-state index contributed by atoms with van der Waals surface area (Å²) in [5, 5.41) is 8.13. The number of hydrogen-bond acceptors (Lipinski definition) is 3. The van der Waals surface area contributed by atoms with Crippen LogP contribution in [0.3, 0.4) is 0 Å². The van der Waals surface area contributed by atoms with E-state index in [0.29, 0.717) is 24.7 Å². The van der Waals surface area contributed by atoms with Gasteiger partial charge in [-0.15, -0.1) is 5.10 Å². The maximum absolute atomic E-state index is 13.0. The summed E-state index contributed by atoms with van der Waals surface area (Å²) in [5.41, 5.74) is 3.85.